The van der Waals surface area contributed by atoms with Gasteiger partial charge < -0.3 is 10.0 Å². The maximum Gasteiger partial charge on any atom is 0.254 e. The topological polar surface area (TPSA) is 40.5 Å². The summed E-state index contributed by atoms with van der Waals surface area (Å²) in [5, 5.41) is 8.71. The van der Waals surface area contributed by atoms with Gasteiger partial charge >= 0.3 is 0 Å². The summed E-state index contributed by atoms with van der Waals surface area (Å²) in [6.07, 6.45) is 2.67. The largest absolute Gasteiger partial charge is 0.395 e. The maximum absolute atomic E-state index is 12.4. The molecule has 0 radical (unpaired) electrons. The van der Waals surface area contributed by atoms with Crippen molar-refractivity contribution in [2.75, 3.05) is 13.7 Å². The van der Waals surface area contributed by atoms with Gasteiger partial charge in [-0.2, -0.15) is 0 Å². The Labute approximate surface area is 114 Å². The second-order valence-corrected chi connectivity index (χ2v) is 4.95. The number of aryl methyl sites for hydroxylation is 1. The lowest BCUT2D eigenvalue weighted by Crippen LogP contribution is -2.29. The molecule has 3 heteroatoms. The SMILES string of the molecule is Cc1ccc(C#CCCO)cc1C(=O)N(C)C1CC1. The number of nitrogens with zero attached hydrogens (tertiary/aromatic N) is 1. The van der Waals surface area contributed by atoms with E-state index >= 15 is 0 Å². The highest BCUT2D eigenvalue weighted by molar-refractivity contribution is 5.96. The fourth-order valence-corrected chi connectivity index (χ4v) is 1.97. The average molecular weight is 257 g/mol. The van der Waals surface area contributed by atoms with Crippen molar-refractivity contribution in [1.29, 1.82) is 0 Å². The summed E-state index contributed by atoms with van der Waals surface area (Å²) >= 11 is 0. The highest BCUT2D eigenvalue weighted by Crippen LogP contribution is 2.27. The minimum atomic E-state index is 0.0646. The first-order chi connectivity index (χ1) is 9.13. The first-order valence-corrected chi connectivity index (χ1v) is 6.61. The molecule has 1 saturated carbocycles. The van der Waals surface area contributed by atoms with E-state index in [1.807, 2.05) is 37.1 Å². The molecule has 1 aliphatic carbocycles. The van der Waals surface area contributed by atoms with Gasteiger partial charge in [0.15, 0.2) is 0 Å². The van der Waals surface area contributed by atoms with Gasteiger partial charge in [0.25, 0.3) is 5.91 Å². The molecule has 0 spiro atoms. The molecule has 0 bridgehead atoms. The molecule has 0 aromatic heterocycles. The number of amides is 1. The smallest absolute Gasteiger partial charge is 0.254 e. The third-order valence-corrected chi connectivity index (χ3v) is 3.35. The summed E-state index contributed by atoms with van der Waals surface area (Å²) in [5.41, 5.74) is 2.53. The summed E-state index contributed by atoms with van der Waals surface area (Å²) in [6, 6.07) is 6.10. The molecule has 100 valence electrons. The average Bonchev–Trinajstić information content (AvgIpc) is 3.24. The summed E-state index contributed by atoms with van der Waals surface area (Å²) in [6.45, 7) is 2.01. The van der Waals surface area contributed by atoms with Crippen LogP contribution in [0.15, 0.2) is 18.2 Å². The first kappa shape index (κ1) is 13.6. The molecule has 0 saturated heterocycles. The molecule has 0 atom stereocenters. The Hall–Kier alpha value is -1.79. The van der Waals surface area contributed by atoms with E-state index in [1.54, 1.807) is 0 Å². The molecule has 19 heavy (non-hydrogen) atoms. The monoisotopic (exact) mass is 257 g/mol. The van der Waals surface area contributed by atoms with Crippen molar-refractivity contribution in [2.24, 2.45) is 0 Å². The predicted octanol–water partition coefficient (Wildman–Crippen LogP) is 1.96. The van der Waals surface area contributed by atoms with Crippen LogP contribution in [-0.2, 0) is 0 Å². The number of aliphatic hydroxyl groups excluding tert-OH is 1. The Balaban J connectivity index is 2.21. The van der Waals surface area contributed by atoms with E-state index < -0.39 is 0 Å². The van der Waals surface area contributed by atoms with E-state index in [2.05, 4.69) is 11.8 Å². The van der Waals surface area contributed by atoms with Crippen molar-refractivity contribution < 1.29 is 9.90 Å². The van der Waals surface area contributed by atoms with Gasteiger partial charge in [0.05, 0.1) is 6.61 Å². The minimum Gasteiger partial charge on any atom is -0.395 e. The fourth-order valence-electron chi connectivity index (χ4n) is 1.97. The molecule has 3 nitrogen and oxygen atoms in total. The lowest BCUT2D eigenvalue weighted by Gasteiger charge is -2.17. The highest BCUT2D eigenvalue weighted by atomic mass is 16.2. The van der Waals surface area contributed by atoms with E-state index in [9.17, 15) is 4.79 Å². The van der Waals surface area contributed by atoms with Crippen molar-refractivity contribution in [2.45, 2.75) is 32.2 Å². The second-order valence-electron chi connectivity index (χ2n) is 4.95. The molecular formula is C16H19NO2. The van der Waals surface area contributed by atoms with Crippen molar-refractivity contribution in [1.82, 2.24) is 4.90 Å². The molecule has 1 amide bonds. The van der Waals surface area contributed by atoms with Crippen molar-refractivity contribution in [3.8, 4) is 11.8 Å². The Morgan fingerprint density at radius 3 is 2.84 bits per heavy atom. The van der Waals surface area contributed by atoms with Crippen LogP contribution in [0, 0.1) is 18.8 Å². The van der Waals surface area contributed by atoms with E-state index in [4.69, 9.17) is 5.11 Å². The minimum absolute atomic E-state index is 0.0646. The zero-order valence-electron chi connectivity index (χ0n) is 11.4. The van der Waals surface area contributed by atoms with Gasteiger partial charge in [0.1, 0.15) is 0 Å². The number of aliphatic hydroxyl groups is 1. The van der Waals surface area contributed by atoms with Gasteiger partial charge in [-0.15, -0.1) is 0 Å². The second kappa shape index (κ2) is 5.90. The van der Waals surface area contributed by atoms with E-state index in [1.165, 1.54) is 0 Å². The molecule has 1 aromatic carbocycles. The first-order valence-electron chi connectivity index (χ1n) is 6.61. The van der Waals surface area contributed by atoms with Gasteiger partial charge in [-0.3, -0.25) is 4.79 Å². The summed E-state index contributed by atoms with van der Waals surface area (Å²) in [5.74, 6) is 5.92. The number of carbonyl (C=O) groups is 1. The number of hydrogen-bond donors (Lipinski definition) is 1. The molecular weight excluding hydrogens is 238 g/mol. The molecule has 1 fully saturated rings. The lowest BCUT2D eigenvalue weighted by molar-refractivity contribution is 0.0784. The van der Waals surface area contributed by atoms with Gasteiger partial charge in [0, 0.05) is 30.6 Å². The van der Waals surface area contributed by atoms with Crippen LogP contribution in [0.5, 0.6) is 0 Å². The van der Waals surface area contributed by atoms with Gasteiger partial charge in [0.2, 0.25) is 0 Å². The standard InChI is InChI=1S/C16H19NO2/c1-12-6-7-13(5-3-4-10-18)11-15(12)16(19)17(2)14-8-9-14/h6-7,11,14,18H,4,8-10H2,1-2H3. The number of carbonyl (C=O) groups excluding carboxylic acids is 1. The van der Waals surface area contributed by atoms with Crippen LogP contribution >= 0.6 is 0 Å². The molecule has 0 unspecified atom stereocenters. The van der Waals surface area contributed by atoms with Crippen molar-refractivity contribution in [3.63, 3.8) is 0 Å². The van der Waals surface area contributed by atoms with Crippen molar-refractivity contribution in [3.05, 3.63) is 34.9 Å². The summed E-state index contributed by atoms with van der Waals surface area (Å²) < 4.78 is 0. The summed E-state index contributed by atoms with van der Waals surface area (Å²) in [4.78, 5) is 14.2. The van der Waals surface area contributed by atoms with Gasteiger partial charge in [-0.25, -0.2) is 0 Å². The van der Waals surface area contributed by atoms with Crippen LogP contribution in [0.25, 0.3) is 0 Å². The zero-order valence-corrected chi connectivity index (χ0v) is 11.4. The third kappa shape index (κ3) is 3.36. The Kier molecular flexibility index (Phi) is 4.24. The Morgan fingerprint density at radius 2 is 2.21 bits per heavy atom. The molecule has 0 heterocycles. The Bertz CT molecular complexity index is 535. The van der Waals surface area contributed by atoms with Gasteiger partial charge in [-0.05, 0) is 37.5 Å². The lowest BCUT2D eigenvalue weighted by atomic mass is 10.0. The van der Waals surface area contributed by atoms with Crippen LogP contribution < -0.4 is 0 Å². The van der Waals surface area contributed by atoms with Crippen LogP contribution in [-0.4, -0.2) is 35.6 Å². The van der Waals surface area contributed by atoms with Crippen LogP contribution in [0.2, 0.25) is 0 Å². The predicted molar refractivity (Wildman–Crippen MR) is 74.9 cm³/mol. The molecule has 1 aliphatic rings. The number of hydrogen-bond acceptors (Lipinski definition) is 2. The normalized spacial score (nSPS) is 13.6. The van der Waals surface area contributed by atoms with Crippen LogP contribution in [0.1, 0.15) is 40.7 Å². The van der Waals surface area contributed by atoms with Crippen molar-refractivity contribution >= 4 is 5.91 Å². The van der Waals surface area contributed by atoms with E-state index in [-0.39, 0.29) is 12.5 Å². The third-order valence-electron chi connectivity index (χ3n) is 3.35. The van der Waals surface area contributed by atoms with Crippen LogP contribution in [0.3, 0.4) is 0 Å². The Morgan fingerprint density at radius 1 is 1.47 bits per heavy atom. The molecule has 1 N–H and O–H groups in total. The number of benzene rings is 1. The maximum atomic E-state index is 12.4. The molecule has 1 aromatic rings. The van der Waals surface area contributed by atoms with E-state index in [0.717, 1.165) is 29.5 Å². The molecule has 0 aliphatic heterocycles. The molecule has 2 rings (SSSR count). The van der Waals surface area contributed by atoms with E-state index in [0.29, 0.717) is 12.5 Å². The highest BCUT2D eigenvalue weighted by Gasteiger charge is 2.30. The zero-order chi connectivity index (χ0) is 13.8. The quantitative estimate of drug-likeness (QED) is 0.841. The van der Waals surface area contributed by atoms with Crippen LogP contribution in [0.4, 0.5) is 0 Å². The fraction of sp³-hybridized carbons (Fsp3) is 0.438. The summed E-state index contributed by atoms with van der Waals surface area (Å²) in [7, 11) is 1.86. The van der Waals surface area contributed by atoms with Gasteiger partial charge in [-0.1, -0.05) is 17.9 Å². The number of rotatable bonds is 3.